The Kier molecular flexibility index (Phi) is 25.1. The maximum atomic E-state index is 12.9. The number of aliphatic hydroxyl groups is 7. The third-order valence-corrected chi connectivity index (χ3v) is 8.40. The molecule has 0 radical (unpaired) electrons. The molecule has 274 valence electrons. The number of unbranched alkanes of at least 4 members (excludes halogenated alkanes) is 9. The van der Waals surface area contributed by atoms with Crippen molar-refractivity contribution in [3.05, 3.63) is 36.5 Å². The first-order valence-electron chi connectivity index (χ1n) is 17.9. The molecule has 0 spiro atoms. The highest BCUT2D eigenvalue weighted by Crippen LogP contribution is 2.23. The molecule has 0 bridgehead atoms. The summed E-state index contributed by atoms with van der Waals surface area (Å²) in [6.07, 6.45) is 15.3. The monoisotopic (exact) mass is 671 g/mol. The van der Waals surface area contributed by atoms with Crippen LogP contribution in [0.15, 0.2) is 36.5 Å². The van der Waals surface area contributed by atoms with Gasteiger partial charge in [-0.25, -0.2) is 0 Å². The second-order valence-electron chi connectivity index (χ2n) is 12.6. The predicted octanol–water partition coefficient (Wildman–Crippen LogP) is 3.32. The lowest BCUT2D eigenvalue weighted by atomic mass is 9.99. The number of carbonyl (C=O) groups excluding carboxylic acids is 1. The normalized spacial score (nSPS) is 24.7. The van der Waals surface area contributed by atoms with Gasteiger partial charge >= 0.3 is 0 Å². The Labute approximate surface area is 282 Å². The van der Waals surface area contributed by atoms with E-state index in [4.69, 9.17) is 9.47 Å². The quantitative estimate of drug-likeness (QED) is 0.0475. The second kappa shape index (κ2) is 27.2. The van der Waals surface area contributed by atoms with E-state index in [2.05, 4.69) is 37.4 Å². The molecule has 0 saturated carbocycles. The number of nitrogens with one attached hydrogen (secondary N) is 1. The fourth-order valence-corrected chi connectivity index (χ4v) is 5.28. The summed E-state index contributed by atoms with van der Waals surface area (Å²) in [6.45, 7) is 3.25. The number of hydrogen-bond acceptors (Lipinski definition) is 10. The smallest absolute Gasteiger partial charge is 0.249 e. The molecule has 1 saturated heterocycles. The summed E-state index contributed by atoms with van der Waals surface area (Å²) in [5, 5.41) is 74.7. The summed E-state index contributed by atoms with van der Waals surface area (Å²) >= 11 is 0. The van der Waals surface area contributed by atoms with Gasteiger partial charge in [0.15, 0.2) is 6.29 Å². The molecule has 8 N–H and O–H groups in total. The maximum Gasteiger partial charge on any atom is 0.249 e. The highest BCUT2D eigenvalue weighted by molar-refractivity contribution is 5.80. The van der Waals surface area contributed by atoms with Gasteiger partial charge in [-0.3, -0.25) is 4.79 Å². The third-order valence-electron chi connectivity index (χ3n) is 8.40. The van der Waals surface area contributed by atoms with E-state index in [0.29, 0.717) is 19.3 Å². The van der Waals surface area contributed by atoms with E-state index in [1.165, 1.54) is 38.5 Å². The summed E-state index contributed by atoms with van der Waals surface area (Å²) in [5.74, 6) is -0.752. The van der Waals surface area contributed by atoms with Crippen molar-refractivity contribution in [2.24, 2.45) is 0 Å². The standard InChI is InChI=1S/C36H65NO10/c1-3-5-7-9-11-13-14-15-16-18-19-21-23-28(39)31(41)27(26-46-36-34(44)33(43)32(42)30(25-38)47-36)37-35(45)29(40)24-22-20-17-12-10-8-6-4-2/h11,13,16-18,20,27-34,36,38-44H,3-10,12,14-15,19,21-26H2,1-2H3,(H,37,45)/b13-11+,18-16+,20-17-. The SMILES string of the molecule is CCCCC/C=C/CC/C=C/CCCC(O)C(O)C(COC1OC(CO)C(O)C(O)C1O)NC(=O)C(O)CC/C=C\CCCCCC. The van der Waals surface area contributed by atoms with Gasteiger partial charge in [-0.2, -0.15) is 0 Å². The summed E-state index contributed by atoms with van der Waals surface area (Å²) in [4.78, 5) is 12.9. The first-order chi connectivity index (χ1) is 22.7. The van der Waals surface area contributed by atoms with Crippen LogP contribution in [0.25, 0.3) is 0 Å². The van der Waals surface area contributed by atoms with Crippen LogP contribution in [0.2, 0.25) is 0 Å². The first-order valence-corrected chi connectivity index (χ1v) is 17.9. The predicted molar refractivity (Wildman–Crippen MR) is 182 cm³/mol. The fourth-order valence-electron chi connectivity index (χ4n) is 5.28. The lowest BCUT2D eigenvalue weighted by Gasteiger charge is -2.40. The first kappa shape index (κ1) is 43.4. The molecule has 0 aromatic rings. The molecule has 9 atom stereocenters. The molecule has 11 nitrogen and oxygen atoms in total. The van der Waals surface area contributed by atoms with Gasteiger partial charge < -0.3 is 50.5 Å². The highest BCUT2D eigenvalue weighted by atomic mass is 16.7. The van der Waals surface area contributed by atoms with E-state index >= 15 is 0 Å². The number of amides is 1. The van der Waals surface area contributed by atoms with E-state index < -0.39 is 74.2 Å². The topological polar surface area (TPSA) is 189 Å². The van der Waals surface area contributed by atoms with Gasteiger partial charge in [-0.05, 0) is 70.6 Å². The highest BCUT2D eigenvalue weighted by Gasteiger charge is 2.44. The fraction of sp³-hybridized carbons (Fsp3) is 0.806. The molecule has 47 heavy (non-hydrogen) atoms. The maximum absolute atomic E-state index is 12.9. The average molecular weight is 672 g/mol. The van der Waals surface area contributed by atoms with Crippen molar-refractivity contribution in [1.82, 2.24) is 5.32 Å². The van der Waals surface area contributed by atoms with Crippen LogP contribution in [0.5, 0.6) is 0 Å². The number of hydrogen-bond donors (Lipinski definition) is 8. The van der Waals surface area contributed by atoms with Crippen LogP contribution in [-0.2, 0) is 14.3 Å². The van der Waals surface area contributed by atoms with Gasteiger partial charge in [0.1, 0.15) is 36.6 Å². The minimum absolute atomic E-state index is 0.164. The zero-order valence-corrected chi connectivity index (χ0v) is 28.7. The van der Waals surface area contributed by atoms with Crippen molar-refractivity contribution in [2.45, 2.75) is 172 Å². The minimum Gasteiger partial charge on any atom is -0.394 e. The van der Waals surface area contributed by atoms with Gasteiger partial charge in [0.25, 0.3) is 0 Å². The molecule has 1 aliphatic heterocycles. The zero-order valence-electron chi connectivity index (χ0n) is 28.7. The molecule has 1 rings (SSSR count). The molecule has 0 aromatic heterocycles. The van der Waals surface area contributed by atoms with Crippen LogP contribution in [0, 0.1) is 0 Å². The molecule has 0 aliphatic carbocycles. The molecule has 0 aromatic carbocycles. The Hall–Kier alpha value is -1.67. The molecule has 1 amide bonds. The molecular formula is C36H65NO10. The number of ether oxygens (including phenoxy) is 2. The van der Waals surface area contributed by atoms with Gasteiger partial charge in [0.05, 0.1) is 25.4 Å². The Morgan fingerprint density at radius 3 is 1.89 bits per heavy atom. The van der Waals surface area contributed by atoms with Crippen molar-refractivity contribution in [2.75, 3.05) is 13.2 Å². The van der Waals surface area contributed by atoms with E-state index in [-0.39, 0.29) is 12.8 Å². The van der Waals surface area contributed by atoms with Crippen molar-refractivity contribution in [3.8, 4) is 0 Å². The largest absolute Gasteiger partial charge is 0.394 e. The van der Waals surface area contributed by atoms with Crippen LogP contribution >= 0.6 is 0 Å². The summed E-state index contributed by atoms with van der Waals surface area (Å²) < 4.78 is 11.0. The van der Waals surface area contributed by atoms with E-state index in [1.54, 1.807) is 0 Å². The third kappa shape index (κ3) is 18.6. The van der Waals surface area contributed by atoms with Crippen LogP contribution in [0.4, 0.5) is 0 Å². The van der Waals surface area contributed by atoms with Crippen LogP contribution in [0.3, 0.4) is 0 Å². The van der Waals surface area contributed by atoms with Crippen LogP contribution in [0.1, 0.15) is 117 Å². The lowest BCUT2D eigenvalue weighted by molar-refractivity contribution is -0.303. The molecular weight excluding hydrogens is 606 g/mol. The van der Waals surface area contributed by atoms with Gasteiger partial charge in [-0.1, -0.05) is 82.4 Å². The second-order valence-corrected chi connectivity index (χ2v) is 12.6. The molecule has 1 heterocycles. The number of aliphatic hydroxyl groups excluding tert-OH is 7. The Balaban J connectivity index is 2.69. The number of rotatable bonds is 27. The Morgan fingerprint density at radius 1 is 0.723 bits per heavy atom. The summed E-state index contributed by atoms with van der Waals surface area (Å²) in [5.41, 5.74) is 0. The van der Waals surface area contributed by atoms with E-state index in [0.717, 1.165) is 32.1 Å². The number of carbonyl (C=O) groups is 1. The van der Waals surface area contributed by atoms with Crippen molar-refractivity contribution in [1.29, 1.82) is 0 Å². The molecule has 1 aliphatic rings. The summed E-state index contributed by atoms with van der Waals surface area (Å²) in [6, 6.07) is -1.20. The van der Waals surface area contributed by atoms with Crippen molar-refractivity contribution >= 4 is 5.91 Å². The van der Waals surface area contributed by atoms with Crippen LogP contribution < -0.4 is 5.32 Å². The Morgan fingerprint density at radius 2 is 1.28 bits per heavy atom. The van der Waals surface area contributed by atoms with Crippen molar-refractivity contribution in [3.63, 3.8) is 0 Å². The summed E-state index contributed by atoms with van der Waals surface area (Å²) in [7, 11) is 0. The lowest BCUT2D eigenvalue weighted by Crippen LogP contribution is -2.60. The van der Waals surface area contributed by atoms with Crippen LogP contribution in [-0.4, -0.2) is 110 Å². The molecule has 11 heteroatoms. The van der Waals surface area contributed by atoms with Crippen molar-refractivity contribution < 1.29 is 50.0 Å². The zero-order chi connectivity index (χ0) is 34.9. The minimum atomic E-state index is -1.67. The van der Waals surface area contributed by atoms with E-state index in [9.17, 15) is 40.5 Å². The van der Waals surface area contributed by atoms with Gasteiger partial charge in [0, 0.05) is 0 Å². The number of allylic oxidation sites excluding steroid dienone is 6. The average Bonchev–Trinajstić information content (AvgIpc) is 3.07. The van der Waals surface area contributed by atoms with Gasteiger partial charge in [-0.15, -0.1) is 0 Å². The molecule has 9 unspecified atom stereocenters. The van der Waals surface area contributed by atoms with Gasteiger partial charge in [0.2, 0.25) is 5.91 Å². The Bertz CT molecular complexity index is 867. The van der Waals surface area contributed by atoms with E-state index in [1.807, 2.05) is 18.2 Å². The molecule has 1 fully saturated rings.